The number of benzene rings is 1. The number of nitrogens with zero attached hydrogens (tertiary/aromatic N) is 2. The molecule has 148 valence electrons. The minimum Gasteiger partial charge on any atom is -0.404 e. The van der Waals surface area contributed by atoms with Crippen LogP contribution in [0.2, 0.25) is 0 Å². The lowest BCUT2D eigenvalue weighted by atomic mass is 10.0. The lowest BCUT2D eigenvalue weighted by Gasteiger charge is -2.29. The molecule has 1 atom stereocenters. The Hall–Kier alpha value is -1.23. The van der Waals surface area contributed by atoms with E-state index in [0.29, 0.717) is 12.5 Å². The number of likely N-dealkylation sites (tertiary alicyclic amines) is 1. The number of nitrogens with two attached hydrogens (primary N) is 1. The lowest BCUT2D eigenvalue weighted by molar-refractivity contribution is -0.274. The average Bonchev–Trinajstić information content (AvgIpc) is 3.02. The zero-order valence-corrected chi connectivity index (χ0v) is 17.3. The van der Waals surface area contributed by atoms with Crippen molar-refractivity contribution in [1.82, 2.24) is 4.90 Å². The summed E-state index contributed by atoms with van der Waals surface area (Å²) in [6.45, 7) is 6.86. The van der Waals surface area contributed by atoms with Gasteiger partial charge < -0.3 is 15.8 Å². The van der Waals surface area contributed by atoms with Gasteiger partial charge in [-0.2, -0.15) is 0 Å². The molecule has 3 N–H and O–H groups in total. The van der Waals surface area contributed by atoms with Gasteiger partial charge in [0.1, 0.15) is 0 Å². The number of guanidine groups is 1. The molecule has 2 rings (SSSR count). The standard InChI is InChI=1S/C17H25F3N4O.HI/c1-12(2)14(24-9-5-6-10-24)11-22-16(21)23-13-7-3-4-8-15(13)25-17(18,19)20;/h3-4,7-8,12,14H,5-6,9-11H2,1-2H3,(H3,21,22,23);1H. The van der Waals surface area contributed by atoms with E-state index >= 15 is 0 Å². The van der Waals surface area contributed by atoms with E-state index in [0.717, 1.165) is 13.1 Å². The highest BCUT2D eigenvalue weighted by Gasteiger charge is 2.32. The van der Waals surface area contributed by atoms with Crippen molar-refractivity contribution in [3.8, 4) is 5.75 Å². The van der Waals surface area contributed by atoms with E-state index in [1.165, 1.54) is 31.0 Å². The van der Waals surface area contributed by atoms with Crippen LogP contribution < -0.4 is 15.8 Å². The van der Waals surface area contributed by atoms with E-state index in [1.54, 1.807) is 6.07 Å². The SMILES string of the molecule is CC(C)C(CN=C(N)Nc1ccccc1OC(F)(F)F)N1CCCC1.I. The highest BCUT2D eigenvalue weighted by molar-refractivity contribution is 14.0. The molecule has 5 nitrogen and oxygen atoms in total. The Morgan fingerprint density at radius 1 is 1.27 bits per heavy atom. The van der Waals surface area contributed by atoms with Crippen LogP contribution in [0, 0.1) is 5.92 Å². The van der Waals surface area contributed by atoms with Gasteiger partial charge in [-0.15, -0.1) is 37.1 Å². The van der Waals surface area contributed by atoms with Gasteiger partial charge in [0, 0.05) is 6.04 Å². The zero-order valence-electron chi connectivity index (χ0n) is 14.9. The molecule has 26 heavy (non-hydrogen) atoms. The van der Waals surface area contributed by atoms with Crippen molar-refractivity contribution in [3.63, 3.8) is 0 Å². The van der Waals surface area contributed by atoms with Crippen molar-refractivity contribution in [2.75, 3.05) is 25.0 Å². The monoisotopic (exact) mass is 486 g/mol. The molecule has 0 spiro atoms. The van der Waals surface area contributed by atoms with Gasteiger partial charge in [-0.1, -0.05) is 26.0 Å². The Labute approximate surface area is 169 Å². The topological polar surface area (TPSA) is 62.9 Å². The second kappa shape index (κ2) is 10.2. The summed E-state index contributed by atoms with van der Waals surface area (Å²) in [5.74, 6) is 0.145. The quantitative estimate of drug-likeness (QED) is 0.362. The van der Waals surface area contributed by atoms with E-state index in [9.17, 15) is 13.2 Å². The predicted molar refractivity (Wildman–Crippen MR) is 108 cm³/mol. The number of alkyl halides is 3. The van der Waals surface area contributed by atoms with E-state index < -0.39 is 6.36 Å². The first-order valence-corrected chi connectivity index (χ1v) is 8.42. The van der Waals surface area contributed by atoms with E-state index in [-0.39, 0.29) is 47.4 Å². The third-order valence-electron chi connectivity index (χ3n) is 4.20. The van der Waals surface area contributed by atoms with Gasteiger partial charge in [0.2, 0.25) is 0 Å². The van der Waals surface area contributed by atoms with Crippen LogP contribution in [0.15, 0.2) is 29.3 Å². The molecule has 1 aliphatic heterocycles. The molecule has 1 aliphatic rings. The van der Waals surface area contributed by atoms with Gasteiger partial charge in [0.15, 0.2) is 11.7 Å². The molecule has 1 aromatic rings. The van der Waals surface area contributed by atoms with Crippen LogP contribution in [-0.2, 0) is 0 Å². The van der Waals surface area contributed by atoms with Crippen molar-refractivity contribution in [2.24, 2.45) is 16.6 Å². The Kier molecular flexibility index (Phi) is 8.94. The average molecular weight is 486 g/mol. The third kappa shape index (κ3) is 7.18. The van der Waals surface area contributed by atoms with Crippen LogP contribution >= 0.6 is 24.0 Å². The van der Waals surface area contributed by atoms with Gasteiger partial charge in [0.25, 0.3) is 0 Å². The van der Waals surface area contributed by atoms with Crippen molar-refractivity contribution < 1.29 is 17.9 Å². The molecule has 1 fully saturated rings. The molecular formula is C17H26F3IN4O. The van der Waals surface area contributed by atoms with Crippen LogP contribution in [0.3, 0.4) is 0 Å². The van der Waals surface area contributed by atoms with Crippen molar-refractivity contribution in [1.29, 1.82) is 0 Å². The first-order chi connectivity index (χ1) is 11.8. The molecule has 1 aromatic carbocycles. The van der Waals surface area contributed by atoms with Gasteiger partial charge in [0.05, 0.1) is 12.2 Å². The summed E-state index contributed by atoms with van der Waals surface area (Å²) in [6.07, 6.45) is -2.40. The molecule has 0 saturated carbocycles. The lowest BCUT2D eigenvalue weighted by Crippen LogP contribution is -2.40. The molecule has 9 heteroatoms. The molecule has 1 heterocycles. The molecule has 0 radical (unpaired) electrons. The number of ether oxygens (including phenoxy) is 1. The normalized spacial score (nSPS) is 17.1. The smallest absolute Gasteiger partial charge is 0.404 e. The van der Waals surface area contributed by atoms with Crippen LogP contribution in [0.1, 0.15) is 26.7 Å². The fraction of sp³-hybridized carbons (Fsp3) is 0.588. The van der Waals surface area contributed by atoms with Gasteiger partial charge >= 0.3 is 6.36 Å². The summed E-state index contributed by atoms with van der Waals surface area (Å²) in [6, 6.07) is 6.01. The highest BCUT2D eigenvalue weighted by Crippen LogP contribution is 2.29. The number of nitrogens with one attached hydrogen (secondary N) is 1. The first kappa shape index (κ1) is 22.8. The summed E-state index contributed by atoms with van der Waals surface area (Å²) in [5, 5.41) is 2.70. The van der Waals surface area contributed by atoms with Crippen molar-refractivity contribution >= 4 is 35.6 Å². The van der Waals surface area contributed by atoms with Crippen LogP contribution in [0.5, 0.6) is 5.75 Å². The number of hydrogen-bond donors (Lipinski definition) is 2. The number of anilines is 1. The van der Waals surface area contributed by atoms with Gasteiger partial charge in [-0.3, -0.25) is 9.89 Å². The molecule has 0 aromatic heterocycles. The second-order valence-corrected chi connectivity index (χ2v) is 6.45. The Balaban J connectivity index is 0.00000338. The van der Waals surface area contributed by atoms with Crippen LogP contribution in [-0.4, -0.2) is 42.9 Å². The van der Waals surface area contributed by atoms with Crippen molar-refractivity contribution in [3.05, 3.63) is 24.3 Å². The Bertz CT molecular complexity index is 590. The minimum atomic E-state index is -4.76. The maximum Gasteiger partial charge on any atom is 0.573 e. The van der Waals surface area contributed by atoms with E-state index in [4.69, 9.17) is 5.73 Å². The summed E-state index contributed by atoms with van der Waals surface area (Å²) in [7, 11) is 0. The van der Waals surface area contributed by atoms with E-state index in [2.05, 4.69) is 33.8 Å². The van der Waals surface area contributed by atoms with Crippen LogP contribution in [0.4, 0.5) is 18.9 Å². The largest absolute Gasteiger partial charge is 0.573 e. The minimum absolute atomic E-state index is 0. The number of halogens is 4. The fourth-order valence-corrected chi connectivity index (χ4v) is 2.97. The maximum atomic E-state index is 12.5. The number of para-hydroxylation sites is 2. The molecule has 0 bridgehead atoms. The number of aliphatic imine (C=N–C) groups is 1. The maximum absolute atomic E-state index is 12.5. The van der Waals surface area contributed by atoms with Crippen LogP contribution in [0.25, 0.3) is 0 Å². The van der Waals surface area contributed by atoms with Gasteiger partial charge in [-0.05, 0) is 44.0 Å². The summed E-state index contributed by atoms with van der Waals surface area (Å²) >= 11 is 0. The fourth-order valence-electron chi connectivity index (χ4n) is 2.97. The van der Waals surface area contributed by atoms with Crippen molar-refractivity contribution in [2.45, 2.75) is 39.1 Å². The molecule has 0 aliphatic carbocycles. The zero-order chi connectivity index (χ0) is 18.4. The molecular weight excluding hydrogens is 460 g/mol. The Morgan fingerprint density at radius 2 is 1.88 bits per heavy atom. The Morgan fingerprint density at radius 3 is 2.46 bits per heavy atom. The van der Waals surface area contributed by atoms with E-state index in [1.807, 2.05) is 0 Å². The first-order valence-electron chi connectivity index (χ1n) is 8.42. The predicted octanol–water partition coefficient (Wildman–Crippen LogP) is 4.05. The van der Waals surface area contributed by atoms with Gasteiger partial charge in [-0.25, -0.2) is 0 Å². The second-order valence-electron chi connectivity index (χ2n) is 6.45. The highest BCUT2D eigenvalue weighted by atomic mass is 127. The summed E-state index contributed by atoms with van der Waals surface area (Å²) in [4.78, 5) is 6.72. The molecule has 1 unspecified atom stereocenters. The molecule has 0 amide bonds. The summed E-state index contributed by atoms with van der Waals surface area (Å²) < 4.78 is 41.4. The third-order valence-corrected chi connectivity index (χ3v) is 4.20. The number of rotatable bonds is 6. The molecule has 1 saturated heterocycles. The number of hydrogen-bond acceptors (Lipinski definition) is 3. The summed E-state index contributed by atoms with van der Waals surface area (Å²) in [5.41, 5.74) is 6.00.